The Labute approximate surface area is 167 Å². The number of nitrogens with zero attached hydrogens (tertiary/aromatic N) is 1. The summed E-state index contributed by atoms with van der Waals surface area (Å²) >= 11 is 0. The molecule has 1 fully saturated rings. The number of aromatic nitrogens is 1. The van der Waals surface area contributed by atoms with Crippen molar-refractivity contribution in [3.05, 3.63) is 71.6 Å². The minimum absolute atomic E-state index is 0.302. The fourth-order valence-corrected chi connectivity index (χ4v) is 3.20. The third kappa shape index (κ3) is 4.13. The third-order valence-corrected chi connectivity index (χ3v) is 4.66. The van der Waals surface area contributed by atoms with Crippen LogP contribution in [0, 0.1) is 6.92 Å². The summed E-state index contributed by atoms with van der Waals surface area (Å²) in [5.74, 6) is 1.52. The van der Waals surface area contributed by atoms with Crippen molar-refractivity contribution in [2.45, 2.75) is 32.5 Å². The van der Waals surface area contributed by atoms with Crippen LogP contribution in [0.2, 0.25) is 0 Å². The number of cyclic esters (lactones) is 1. The summed E-state index contributed by atoms with van der Waals surface area (Å²) < 4.78 is 16.7. The van der Waals surface area contributed by atoms with Gasteiger partial charge in [-0.3, -0.25) is 10.1 Å². The maximum atomic E-state index is 11.6. The average Bonchev–Trinajstić information content (AvgIpc) is 3.25. The van der Waals surface area contributed by atoms with Gasteiger partial charge in [0, 0.05) is 12.0 Å². The highest BCUT2D eigenvalue weighted by Crippen LogP contribution is 2.28. The summed E-state index contributed by atoms with van der Waals surface area (Å²) in [6, 6.07) is 17.0. The molecule has 1 aliphatic heterocycles. The van der Waals surface area contributed by atoms with Crippen LogP contribution in [0.5, 0.6) is 5.75 Å². The number of carbonyl (C=O) groups excluding carboxylic acids is 2. The van der Waals surface area contributed by atoms with E-state index in [2.05, 4.69) is 10.3 Å². The molecule has 2 amide bonds. The van der Waals surface area contributed by atoms with E-state index in [9.17, 15) is 9.59 Å². The number of aryl methyl sites for hydroxylation is 1. The molecule has 0 radical (unpaired) electrons. The molecule has 1 aliphatic rings. The van der Waals surface area contributed by atoms with Crippen molar-refractivity contribution in [3.8, 4) is 17.2 Å². The number of hydrogen-bond acceptors (Lipinski definition) is 6. The average molecular weight is 392 g/mol. The maximum Gasteiger partial charge on any atom is 0.414 e. The van der Waals surface area contributed by atoms with Gasteiger partial charge in [-0.05, 0) is 43.7 Å². The lowest BCUT2D eigenvalue weighted by molar-refractivity contribution is -0.123. The molecular weight excluding hydrogens is 372 g/mol. The van der Waals surface area contributed by atoms with Crippen molar-refractivity contribution < 1.29 is 23.5 Å². The predicted molar refractivity (Wildman–Crippen MR) is 104 cm³/mol. The number of hydrogen-bond donors (Lipinski definition) is 1. The summed E-state index contributed by atoms with van der Waals surface area (Å²) in [4.78, 5) is 27.3. The van der Waals surface area contributed by atoms with E-state index in [-0.39, 0.29) is 6.10 Å². The van der Waals surface area contributed by atoms with Crippen LogP contribution in [-0.4, -0.2) is 23.1 Å². The van der Waals surface area contributed by atoms with Crippen LogP contribution in [0.3, 0.4) is 0 Å². The van der Waals surface area contributed by atoms with Gasteiger partial charge >= 0.3 is 6.09 Å². The van der Waals surface area contributed by atoms with Gasteiger partial charge in [-0.15, -0.1) is 0 Å². The van der Waals surface area contributed by atoms with E-state index in [1.807, 2.05) is 68.4 Å². The minimum atomic E-state index is -0.789. The molecule has 2 unspecified atom stereocenters. The van der Waals surface area contributed by atoms with Gasteiger partial charge in [0.1, 0.15) is 23.3 Å². The number of carbonyl (C=O) groups is 2. The van der Waals surface area contributed by atoms with E-state index in [4.69, 9.17) is 13.9 Å². The van der Waals surface area contributed by atoms with Crippen molar-refractivity contribution in [2.75, 3.05) is 0 Å². The highest BCUT2D eigenvalue weighted by atomic mass is 16.6. The molecule has 0 spiro atoms. The van der Waals surface area contributed by atoms with Crippen molar-refractivity contribution in [1.82, 2.24) is 10.3 Å². The molecule has 1 N–H and O–H groups in total. The van der Waals surface area contributed by atoms with Crippen LogP contribution in [0.25, 0.3) is 11.5 Å². The number of alkyl carbamates (subject to hydrolysis) is 1. The zero-order valence-electron chi connectivity index (χ0n) is 16.0. The van der Waals surface area contributed by atoms with Crippen LogP contribution in [0.15, 0.2) is 59.0 Å². The van der Waals surface area contributed by atoms with Gasteiger partial charge in [-0.1, -0.05) is 30.3 Å². The van der Waals surface area contributed by atoms with Gasteiger partial charge in [0.05, 0.1) is 0 Å². The van der Waals surface area contributed by atoms with E-state index >= 15 is 0 Å². The number of oxazole rings is 1. The van der Waals surface area contributed by atoms with Gasteiger partial charge < -0.3 is 13.9 Å². The summed E-state index contributed by atoms with van der Waals surface area (Å²) in [5.41, 5.74) is 2.52. The zero-order chi connectivity index (χ0) is 20.4. The lowest BCUT2D eigenvalue weighted by Crippen LogP contribution is -2.25. The fraction of sp³-hybridized carbons (Fsp3) is 0.227. The number of nitrogens with one attached hydrogen (secondary N) is 1. The third-order valence-electron chi connectivity index (χ3n) is 4.66. The predicted octanol–water partition coefficient (Wildman–Crippen LogP) is 3.97. The molecule has 0 bridgehead atoms. The van der Waals surface area contributed by atoms with E-state index in [1.54, 1.807) is 0 Å². The first kappa shape index (κ1) is 18.7. The first-order chi connectivity index (χ1) is 14.0. The van der Waals surface area contributed by atoms with Crippen LogP contribution < -0.4 is 10.1 Å². The Balaban J connectivity index is 1.42. The molecule has 2 heterocycles. The van der Waals surface area contributed by atoms with Gasteiger partial charge in [-0.2, -0.15) is 0 Å². The molecule has 7 heteroatoms. The Bertz CT molecular complexity index is 1030. The molecule has 4 rings (SSSR count). The Kier molecular flexibility index (Phi) is 5.03. The quantitative estimate of drug-likeness (QED) is 0.683. The van der Waals surface area contributed by atoms with Crippen molar-refractivity contribution in [3.63, 3.8) is 0 Å². The highest BCUT2D eigenvalue weighted by Gasteiger charge is 2.32. The van der Waals surface area contributed by atoms with Crippen LogP contribution in [-0.2, 0) is 16.0 Å². The Morgan fingerprint density at radius 2 is 1.83 bits per heavy atom. The fourth-order valence-electron chi connectivity index (χ4n) is 3.20. The Hall–Kier alpha value is -3.61. The Morgan fingerprint density at radius 1 is 1.10 bits per heavy atom. The number of rotatable bonds is 6. The van der Waals surface area contributed by atoms with Crippen LogP contribution in [0.4, 0.5) is 4.79 Å². The van der Waals surface area contributed by atoms with Crippen molar-refractivity contribution >= 4 is 12.0 Å². The molecule has 2 aromatic carbocycles. The van der Waals surface area contributed by atoms with Crippen molar-refractivity contribution in [1.29, 1.82) is 0 Å². The number of amides is 2. The number of imide groups is 1. The highest BCUT2D eigenvalue weighted by molar-refractivity contribution is 6.00. The molecule has 7 nitrogen and oxygen atoms in total. The van der Waals surface area contributed by atoms with Gasteiger partial charge in [0.25, 0.3) is 5.91 Å². The molecule has 1 aromatic heterocycles. The van der Waals surface area contributed by atoms with Gasteiger partial charge in [0.2, 0.25) is 5.89 Å². The lowest BCUT2D eigenvalue weighted by atomic mass is 10.1. The first-order valence-corrected chi connectivity index (χ1v) is 9.29. The second-order valence-corrected chi connectivity index (χ2v) is 6.82. The first-order valence-electron chi connectivity index (χ1n) is 9.29. The maximum absolute atomic E-state index is 11.6. The molecule has 1 saturated heterocycles. The molecule has 148 valence electrons. The van der Waals surface area contributed by atoms with Crippen molar-refractivity contribution in [2.24, 2.45) is 0 Å². The Morgan fingerprint density at radius 3 is 2.48 bits per heavy atom. The second kappa shape index (κ2) is 7.79. The molecule has 29 heavy (non-hydrogen) atoms. The monoisotopic (exact) mass is 392 g/mol. The minimum Gasteiger partial charge on any atom is -0.484 e. The summed E-state index contributed by atoms with van der Waals surface area (Å²) in [6.45, 7) is 3.78. The number of benzene rings is 2. The largest absolute Gasteiger partial charge is 0.484 e. The zero-order valence-corrected chi connectivity index (χ0v) is 16.0. The lowest BCUT2D eigenvalue weighted by Gasteiger charge is -2.14. The topological polar surface area (TPSA) is 90.7 Å². The van der Waals surface area contributed by atoms with Gasteiger partial charge in [-0.25, -0.2) is 9.78 Å². The van der Waals surface area contributed by atoms with Gasteiger partial charge in [0.15, 0.2) is 6.10 Å². The van der Waals surface area contributed by atoms with Crippen LogP contribution in [0.1, 0.15) is 30.0 Å². The molecule has 3 aromatic rings. The summed E-state index contributed by atoms with van der Waals surface area (Å²) in [5, 5.41) is 2.12. The SMILES string of the molecule is Cc1oc(-c2ccccc2)nc1C(C)Oc1ccc(CC2OC(=O)NC2=O)cc1. The van der Waals surface area contributed by atoms with E-state index < -0.39 is 18.1 Å². The molecular formula is C22H20N2O5. The molecule has 0 saturated carbocycles. The smallest absolute Gasteiger partial charge is 0.414 e. The molecule has 2 atom stereocenters. The van der Waals surface area contributed by atoms with E-state index in [0.717, 1.165) is 16.8 Å². The van der Waals surface area contributed by atoms with E-state index in [0.29, 0.717) is 23.8 Å². The number of ether oxygens (including phenoxy) is 2. The molecule has 0 aliphatic carbocycles. The summed E-state index contributed by atoms with van der Waals surface area (Å²) in [7, 11) is 0. The normalized spacial score (nSPS) is 17.0. The second-order valence-electron chi connectivity index (χ2n) is 6.82. The standard InChI is InChI=1S/C22H20N2O5/c1-13(19-14(2)28-21(23-19)16-6-4-3-5-7-16)27-17-10-8-15(9-11-17)12-18-20(25)24-22(26)29-18/h3-11,13,18H,12H2,1-2H3,(H,24,25,26). The summed E-state index contributed by atoms with van der Waals surface area (Å²) in [6.07, 6.45) is -1.48. The van der Waals surface area contributed by atoms with Crippen LogP contribution >= 0.6 is 0 Å². The van der Waals surface area contributed by atoms with E-state index in [1.165, 1.54) is 0 Å².